The number of carbonyl (C=O) groups excluding carboxylic acids is 2. The number of hydrogen-bond donors (Lipinski definition) is 2. The molecule has 0 aromatic heterocycles. The second-order valence-electron chi connectivity index (χ2n) is 6.33. The van der Waals surface area contributed by atoms with Crippen LogP contribution in [-0.2, 0) is 4.79 Å². The van der Waals surface area contributed by atoms with E-state index in [1.165, 1.54) is 13.1 Å². The summed E-state index contributed by atoms with van der Waals surface area (Å²) < 4.78 is 0. The maximum absolute atomic E-state index is 12.9. The number of hydrogen-bond acceptors (Lipinski definition) is 3. The second-order valence-corrected chi connectivity index (χ2v) is 6.33. The molecule has 2 aromatic rings. The van der Waals surface area contributed by atoms with Gasteiger partial charge in [0, 0.05) is 37.2 Å². The third-order valence-corrected chi connectivity index (χ3v) is 4.75. The highest BCUT2D eigenvalue weighted by Gasteiger charge is 2.40. The predicted octanol–water partition coefficient (Wildman–Crippen LogP) is 1.99. The van der Waals surface area contributed by atoms with Crippen molar-refractivity contribution in [3.8, 4) is 0 Å². The van der Waals surface area contributed by atoms with Crippen LogP contribution in [0, 0.1) is 5.92 Å². The maximum atomic E-state index is 12.9. The standard InChI is InChI=1S/C20H20N2O4/c1-21-18(23)14-8-5-9-15(10-14)19(24)22-11-16(17(12-22)20(25)26)13-6-3-2-4-7-13/h2-10,16-17H,11-12H2,1H3,(H,21,23)(H,25,26). The topological polar surface area (TPSA) is 86.7 Å². The molecular weight excluding hydrogens is 332 g/mol. The van der Waals surface area contributed by atoms with E-state index in [1.807, 2.05) is 30.3 Å². The molecule has 1 saturated heterocycles. The van der Waals surface area contributed by atoms with Crippen LogP contribution in [0.1, 0.15) is 32.2 Å². The van der Waals surface area contributed by atoms with Gasteiger partial charge in [-0.1, -0.05) is 36.4 Å². The molecular formula is C20H20N2O4. The van der Waals surface area contributed by atoms with Gasteiger partial charge in [-0.05, 0) is 23.8 Å². The highest BCUT2D eigenvalue weighted by Crippen LogP contribution is 2.33. The summed E-state index contributed by atoms with van der Waals surface area (Å²) in [5, 5.41) is 12.1. The SMILES string of the molecule is CNC(=O)c1cccc(C(=O)N2CC(C(=O)O)C(c3ccccc3)C2)c1. The van der Waals surface area contributed by atoms with Gasteiger partial charge in [0.05, 0.1) is 5.92 Å². The van der Waals surface area contributed by atoms with Crippen LogP contribution in [0.4, 0.5) is 0 Å². The summed E-state index contributed by atoms with van der Waals surface area (Å²) in [5.74, 6) is -2.34. The molecule has 1 fully saturated rings. The van der Waals surface area contributed by atoms with E-state index in [0.29, 0.717) is 17.7 Å². The lowest BCUT2D eigenvalue weighted by molar-refractivity contribution is -0.141. The molecule has 2 atom stereocenters. The Balaban J connectivity index is 1.85. The lowest BCUT2D eigenvalue weighted by atomic mass is 9.89. The van der Waals surface area contributed by atoms with Gasteiger partial charge in [-0.3, -0.25) is 14.4 Å². The molecule has 0 saturated carbocycles. The summed E-state index contributed by atoms with van der Waals surface area (Å²) in [6.07, 6.45) is 0. The van der Waals surface area contributed by atoms with E-state index in [-0.39, 0.29) is 24.3 Å². The first-order valence-electron chi connectivity index (χ1n) is 8.40. The molecule has 1 aliphatic rings. The zero-order valence-corrected chi connectivity index (χ0v) is 14.4. The summed E-state index contributed by atoms with van der Waals surface area (Å²) in [4.78, 5) is 37.9. The molecule has 1 aliphatic heterocycles. The van der Waals surface area contributed by atoms with E-state index in [1.54, 1.807) is 23.1 Å². The fourth-order valence-corrected chi connectivity index (χ4v) is 3.38. The predicted molar refractivity (Wildman–Crippen MR) is 96.0 cm³/mol. The molecule has 0 radical (unpaired) electrons. The van der Waals surface area contributed by atoms with Crippen molar-refractivity contribution in [3.05, 3.63) is 71.3 Å². The normalized spacial score (nSPS) is 19.2. The Labute approximate surface area is 151 Å². The van der Waals surface area contributed by atoms with Crippen LogP contribution in [0.3, 0.4) is 0 Å². The second kappa shape index (κ2) is 7.39. The molecule has 0 aliphatic carbocycles. The van der Waals surface area contributed by atoms with Gasteiger partial charge >= 0.3 is 5.97 Å². The molecule has 0 bridgehead atoms. The van der Waals surface area contributed by atoms with Crippen LogP contribution in [0.2, 0.25) is 0 Å². The van der Waals surface area contributed by atoms with Crippen LogP contribution in [0.15, 0.2) is 54.6 Å². The first kappa shape index (κ1) is 17.7. The Morgan fingerprint density at radius 2 is 1.69 bits per heavy atom. The summed E-state index contributed by atoms with van der Waals surface area (Å²) in [7, 11) is 1.53. The van der Waals surface area contributed by atoms with E-state index >= 15 is 0 Å². The number of nitrogens with one attached hydrogen (secondary N) is 1. The molecule has 134 valence electrons. The molecule has 26 heavy (non-hydrogen) atoms. The first-order valence-corrected chi connectivity index (χ1v) is 8.40. The molecule has 1 heterocycles. The lowest BCUT2D eigenvalue weighted by Gasteiger charge is -2.17. The summed E-state index contributed by atoms with van der Waals surface area (Å²) >= 11 is 0. The number of aliphatic carboxylic acids is 1. The Bertz CT molecular complexity index is 835. The summed E-state index contributed by atoms with van der Waals surface area (Å²) in [6, 6.07) is 15.8. The molecule has 2 N–H and O–H groups in total. The first-order chi connectivity index (χ1) is 12.5. The largest absolute Gasteiger partial charge is 0.481 e. The van der Waals surface area contributed by atoms with Crippen LogP contribution < -0.4 is 5.32 Å². The fourth-order valence-electron chi connectivity index (χ4n) is 3.38. The quantitative estimate of drug-likeness (QED) is 0.881. The van der Waals surface area contributed by atoms with Crippen LogP contribution >= 0.6 is 0 Å². The van der Waals surface area contributed by atoms with Crippen LogP contribution in [-0.4, -0.2) is 47.9 Å². The monoisotopic (exact) mass is 352 g/mol. The minimum absolute atomic E-state index is 0.151. The van der Waals surface area contributed by atoms with E-state index < -0.39 is 11.9 Å². The molecule has 6 nitrogen and oxygen atoms in total. The van der Waals surface area contributed by atoms with E-state index in [4.69, 9.17) is 0 Å². The third kappa shape index (κ3) is 3.44. The number of rotatable bonds is 4. The zero-order valence-electron chi connectivity index (χ0n) is 14.4. The molecule has 2 aromatic carbocycles. The van der Waals surface area contributed by atoms with Crippen molar-refractivity contribution in [1.82, 2.24) is 10.2 Å². The number of carboxylic acids is 1. The van der Waals surface area contributed by atoms with Crippen molar-refractivity contribution in [3.63, 3.8) is 0 Å². The third-order valence-electron chi connectivity index (χ3n) is 4.75. The van der Waals surface area contributed by atoms with Gasteiger partial charge in [0.15, 0.2) is 0 Å². The van der Waals surface area contributed by atoms with Crippen molar-refractivity contribution < 1.29 is 19.5 Å². The van der Waals surface area contributed by atoms with Crippen LogP contribution in [0.5, 0.6) is 0 Å². The number of nitrogens with zero attached hydrogens (tertiary/aromatic N) is 1. The Morgan fingerprint density at radius 1 is 1.00 bits per heavy atom. The number of benzene rings is 2. The smallest absolute Gasteiger partial charge is 0.308 e. The number of carbonyl (C=O) groups is 3. The number of likely N-dealkylation sites (tertiary alicyclic amines) is 1. The molecule has 2 amide bonds. The van der Waals surface area contributed by atoms with Gasteiger partial charge in [-0.2, -0.15) is 0 Å². The molecule has 3 rings (SSSR count). The van der Waals surface area contributed by atoms with Gasteiger partial charge in [-0.15, -0.1) is 0 Å². The van der Waals surface area contributed by atoms with Gasteiger partial charge in [0.1, 0.15) is 0 Å². The minimum atomic E-state index is -0.909. The molecule has 6 heteroatoms. The minimum Gasteiger partial charge on any atom is -0.481 e. The lowest BCUT2D eigenvalue weighted by Crippen LogP contribution is -2.30. The van der Waals surface area contributed by atoms with Crippen molar-refractivity contribution in [1.29, 1.82) is 0 Å². The van der Waals surface area contributed by atoms with Gasteiger partial charge in [0.2, 0.25) is 0 Å². The zero-order chi connectivity index (χ0) is 18.7. The fraction of sp³-hybridized carbons (Fsp3) is 0.250. The van der Waals surface area contributed by atoms with Gasteiger partial charge in [0.25, 0.3) is 11.8 Å². The summed E-state index contributed by atoms with van der Waals surface area (Å²) in [5.41, 5.74) is 1.69. The van der Waals surface area contributed by atoms with Crippen molar-refractivity contribution in [2.45, 2.75) is 5.92 Å². The Kier molecular flexibility index (Phi) is 5.02. The van der Waals surface area contributed by atoms with Crippen molar-refractivity contribution in [2.75, 3.05) is 20.1 Å². The van der Waals surface area contributed by atoms with Gasteiger partial charge in [-0.25, -0.2) is 0 Å². The average molecular weight is 352 g/mol. The van der Waals surface area contributed by atoms with Crippen molar-refractivity contribution in [2.24, 2.45) is 5.92 Å². The number of amides is 2. The Morgan fingerprint density at radius 3 is 2.35 bits per heavy atom. The maximum Gasteiger partial charge on any atom is 0.308 e. The highest BCUT2D eigenvalue weighted by atomic mass is 16.4. The Hall–Kier alpha value is -3.15. The van der Waals surface area contributed by atoms with E-state index in [0.717, 1.165) is 5.56 Å². The van der Waals surface area contributed by atoms with Gasteiger partial charge < -0.3 is 15.3 Å². The molecule has 0 spiro atoms. The number of carboxylic acid groups (broad SMARTS) is 1. The van der Waals surface area contributed by atoms with Crippen LogP contribution in [0.25, 0.3) is 0 Å². The van der Waals surface area contributed by atoms with E-state index in [9.17, 15) is 19.5 Å². The average Bonchev–Trinajstić information content (AvgIpc) is 3.13. The van der Waals surface area contributed by atoms with E-state index in [2.05, 4.69) is 5.32 Å². The summed E-state index contributed by atoms with van der Waals surface area (Å²) in [6.45, 7) is 0.488. The highest BCUT2D eigenvalue weighted by molar-refractivity contribution is 6.00. The molecule has 2 unspecified atom stereocenters. The van der Waals surface area contributed by atoms with Crippen molar-refractivity contribution >= 4 is 17.8 Å².